The molecule has 0 atom stereocenters. The lowest BCUT2D eigenvalue weighted by atomic mass is 10.3. The second-order valence-electron chi connectivity index (χ2n) is 7.16. The van der Waals surface area contributed by atoms with Gasteiger partial charge in [0, 0.05) is 30.3 Å². The SMILES string of the molecule is Cc1cc(C)n(-c2ccc(Nc3ccc(NS(=O)(=O)c4cn(C)c(C)n4)cc3)nn2)n1. The average molecular weight is 439 g/mol. The molecule has 0 saturated carbocycles. The molecule has 0 unspecified atom stereocenters. The molecule has 3 heterocycles. The fraction of sp³-hybridized carbons (Fsp3) is 0.200. The summed E-state index contributed by atoms with van der Waals surface area (Å²) < 4.78 is 30.9. The van der Waals surface area contributed by atoms with Crippen LogP contribution in [0, 0.1) is 20.8 Å². The standard InChI is InChI=1S/C20H22N8O2S/c1-13-11-14(2)28(25-13)19-10-9-18(23-24-19)22-16-5-7-17(8-6-16)26-31(29,30)20-12-27(4)15(3)21-20/h5-12,26H,1-4H3,(H,22,23). The summed E-state index contributed by atoms with van der Waals surface area (Å²) >= 11 is 0. The van der Waals surface area contributed by atoms with E-state index in [0.717, 1.165) is 17.1 Å². The maximum absolute atomic E-state index is 12.5. The third kappa shape index (κ3) is 4.40. The van der Waals surface area contributed by atoms with Crippen LogP contribution in [-0.2, 0) is 17.1 Å². The second-order valence-corrected chi connectivity index (χ2v) is 8.79. The molecule has 4 rings (SSSR count). The molecule has 0 radical (unpaired) electrons. The highest BCUT2D eigenvalue weighted by atomic mass is 32.2. The molecule has 0 saturated heterocycles. The van der Waals surface area contributed by atoms with Crippen LogP contribution in [-0.4, -0.2) is 37.9 Å². The molecule has 11 heteroatoms. The Kier molecular flexibility index (Phi) is 5.19. The van der Waals surface area contributed by atoms with Crippen molar-refractivity contribution in [2.45, 2.75) is 25.8 Å². The van der Waals surface area contributed by atoms with Gasteiger partial charge in [0.25, 0.3) is 10.0 Å². The van der Waals surface area contributed by atoms with Crippen LogP contribution in [0.2, 0.25) is 0 Å². The normalized spacial score (nSPS) is 11.5. The highest BCUT2D eigenvalue weighted by molar-refractivity contribution is 7.92. The van der Waals surface area contributed by atoms with Crippen LogP contribution in [0.5, 0.6) is 0 Å². The number of nitrogens with one attached hydrogen (secondary N) is 2. The summed E-state index contributed by atoms with van der Waals surface area (Å²) in [6.07, 6.45) is 1.47. The van der Waals surface area contributed by atoms with Gasteiger partial charge in [-0.05, 0) is 63.2 Å². The lowest BCUT2D eigenvalue weighted by Crippen LogP contribution is -2.13. The van der Waals surface area contributed by atoms with Gasteiger partial charge in [-0.2, -0.15) is 13.5 Å². The molecule has 0 fully saturated rings. The molecule has 160 valence electrons. The number of rotatable bonds is 6. The van der Waals surface area contributed by atoms with Gasteiger partial charge in [0.1, 0.15) is 5.82 Å². The first kappa shape index (κ1) is 20.5. The number of nitrogens with zero attached hydrogens (tertiary/aromatic N) is 6. The van der Waals surface area contributed by atoms with Crippen molar-refractivity contribution >= 4 is 27.2 Å². The molecule has 1 aromatic carbocycles. The van der Waals surface area contributed by atoms with Gasteiger partial charge in [0.2, 0.25) is 0 Å². The maximum Gasteiger partial charge on any atom is 0.280 e. The summed E-state index contributed by atoms with van der Waals surface area (Å²) in [7, 11) is -2.01. The van der Waals surface area contributed by atoms with Gasteiger partial charge in [0.15, 0.2) is 16.7 Å². The van der Waals surface area contributed by atoms with Gasteiger partial charge in [0.05, 0.1) is 5.69 Å². The summed E-state index contributed by atoms with van der Waals surface area (Å²) in [4.78, 5) is 4.07. The number of hydrogen-bond donors (Lipinski definition) is 2. The molecule has 0 aliphatic carbocycles. The lowest BCUT2D eigenvalue weighted by Gasteiger charge is -2.09. The van der Waals surface area contributed by atoms with Crippen LogP contribution in [0.15, 0.2) is 53.7 Å². The van der Waals surface area contributed by atoms with E-state index in [2.05, 4.69) is 30.3 Å². The minimum absolute atomic E-state index is 0.0207. The molecule has 0 aliphatic rings. The van der Waals surface area contributed by atoms with Crippen molar-refractivity contribution in [2.75, 3.05) is 10.0 Å². The third-order valence-corrected chi connectivity index (χ3v) is 5.90. The first-order valence-electron chi connectivity index (χ1n) is 9.48. The Morgan fingerprint density at radius 1 is 0.935 bits per heavy atom. The summed E-state index contributed by atoms with van der Waals surface area (Å²) in [6.45, 7) is 5.62. The fourth-order valence-electron chi connectivity index (χ4n) is 3.00. The minimum atomic E-state index is -3.75. The van der Waals surface area contributed by atoms with E-state index in [-0.39, 0.29) is 5.03 Å². The monoisotopic (exact) mass is 438 g/mol. The summed E-state index contributed by atoms with van der Waals surface area (Å²) in [6, 6.07) is 12.4. The fourth-order valence-corrected chi connectivity index (χ4v) is 4.10. The summed E-state index contributed by atoms with van der Waals surface area (Å²) in [5.41, 5.74) is 3.06. The highest BCUT2D eigenvalue weighted by Crippen LogP contribution is 2.20. The molecular weight excluding hydrogens is 416 g/mol. The van der Waals surface area contributed by atoms with E-state index in [1.807, 2.05) is 26.0 Å². The van der Waals surface area contributed by atoms with Crippen LogP contribution in [0.3, 0.4) is 0 Å². The molecule has 0 bridgehead atoms. The zero-order valence-electron chi connectivity index (χ0n) is 17.5. The van der Waals surface area contributed by atoms with E-state index in [1.165, 1.54) is 6.20 Å². The molecule has 3 aromatic heterocycles. The van der Waals surface area contributed by atoms with E-state index in [4.69, 9.17) is 0 Å². The first-order chi connectivity index (χ1) is 14.7. The van der Waals surface area contributed by atoms with Gasteiger partial charge < -0.3 is 9.88 Å². The zero-order valence-corrected chi connectivity index (χ0v) is 18.3. The summed E-state index contributed by atoms with van der Waals surface area (Å²) in [5, 5.41) is 15.9. The molecule has 10 nitrogen and oxygen atoms in total. The molecular formula is C20H22N8O2S. The number of aromatic nitrogens is 6. The number of anilines is 3. The van der Waals surface area contributed by atoms with Crippen molar-refractivity contribution in [3.8, 4) is 5.82 Å². The number of aryl methyl sites for hydroxylation is 4. The highest BCUT2D eigenvalue weighted by Gasteiger charge is 2.18. The number of sulfonamides is 1. The maximum atomic E-state index is 12.5. The Bertz CT molecular complexity index is 1300. The van der Waals surface area contributed by atoms with Crippen molar-refractivity contribution in [2.24, 2.45) is 7.05 Å². The largest absolute Gasteiger partial charge is 0.339 e. The summed E-state index contributed by atoms with van der Waals surface area (Å²) in [5.74, 6) is 1.80. The lowest BCUT2D eigenvalue weighted by molar-refractivity contribution is 0.598. The van der Waals surface area contributed by atoms with Crippen molar-refractivity contribution in [1.82, 2.24) is 29.5 Å². The van der Waals surface area contributed by atoms with Crippen LogP contribution in [0.4, 0.5) is 17.2 Å². The Hall–Kier alpha value is -3.73. The van der Waals surface area contributed by atoms with Gasteiger partial charge in [-0.1, -0.05) is 0 Å². The average Bonchev–Trinajstić information content (AvgIpc) is 3.25. The second kappa shape index (κ2) is 7.84. The van der Waals surface area contributed by atoms with Gasteiger partial charge in [-0.25, -0.2) is 9.67 Å². The number of hydrogen-bond acceptors (Lipinski definition) is 7. The molecule has 0 amide bonds. The van der Waals surface area contributed by atoms with Crippen molar-refractivity contribution < 1.29 is 8.42 Å². The Labute approximate surface area is 180 Å². The molecule has 0 spiro atoms. The van der Waals surface area contributed by atoms with Crippen LogP contribution in [0.25, 0.3) is 5.82 Å². The van der Waals surface area contributed by atoms with E-state index in [9.17, 15) is 8.42 Å². The molecule has 0 aliphatic heterocycles. The Balaban J connectivity index is 1.44. The molecule has 31 heavy (non-hydrogen) atoms. The molecule has 2 N–H and O–H groups in total. The first-order valence-corrected chi connectivity index (χ1v) is 11.0. The van der Waals surface area contributed by atoms with E-state index >= 15 is 0 Å². The predicted octanol–water partition coefficient (Wildman–Crippen LogP) is 2.87. The Morgan fingerprint density at radius 2 is 1.65 bits per heavy atom. The van der Waals surface area contributed by atoms with Crippen LogP contribution >= 0.6 is 0 Å². The minimum Gasteiger partial charge on any atom is -0.339 e. The van der Waals surface area contributed by atoms with Gasteiger partial charge >= 0.3 is 0 Å². The molecule has 4 aromatic rings. The predicted molar refractivity (Wildman–Crippen MR) is 117 cm³/mol. The Morgan fingerprint density at radius 3 is 2.19 bits per heavy atom. The van der Waals surface area contributed by atoms with Crippen LogP contribution < -0.4 is 10.0 Å². The van der Waals surface area contributed by atoms with Crippen molar-refractivity contribution in [1.29, 1.82) is 0 Å². The van der Waals surface area contributed by atoms with Gasteiger partial charge in [-0.3, -0.25) is 4.72 Å². The van der Waals surface area contributed by atoms with Gasteiger partial charge in [-0.15, -0.1) is 10.2 Å². The van der Waals surface area contributed by atoms with E-state index < -0.39 is 10.0 Å². The quantitative estimate of drug-likeness (QED) is 0.475. The topological polar surface area (TPSA) is 120 Å². The zero-order chi connectivity index (χ0) is 22.2. The van der Waals surface area contributed by atoms with E-state index in [1.54, 1.807) is 53.6 Å². The number of imidazole rings is 1. The van der Waals surface area contributed by atoms with E-state index in [0.29, 0.717) is 23.1 Å². The van der Waals surface area contributed by atoms with Crippen molar-refractivity contribution in [3.05, 3.63) is 65.9 Å². The van der Waals surface area contributed by atoms with Crippen LogP contribution in [0.1, 0.15) is 17.2 Å². The third-order valence-electron chi connectivity index (χ3n) is 4.65. The smallest absolute Gasteiger partial charge is 0.280 e. The van der Waals surface area contributed by atoms with Crippen molar-refractivity contribution in [3.63, 3.8) is 0 Å². The number of benzene rings is 1.